The zero-order valence-electron chi connectivity index (χ0n) is 19.6. The highest BCUT2D eigenvalue weighted by atomic mass is 127. The smallest absolute Gasteiger partial charge is 0.335 e. The first kappa shape index (κ1) is 26.6. The molecule has 0 atom stereocenters. The SMILES string of the molecule is COc1ccc(CNC(=O)/C(C#N)=C\c2cc(I)c(OCc3ccc(C(=O)O)cc3)c(OC)c2)cc1. The number of benzene rings is 3. The maximum Gasteiger partial charge on any atom is 0.335 e. The number of ether oxygens (including phenoxy) is 3. The highest BCUT2D eigenvalue weighted by Gasteiger charge is 2.14. The van der Waals surface area contributed by atoms with Gasteiger partial charge in [0.05, 0.1) is 23.4 Å². The molecule has 0 aromatic heterocycles. The van der Waals surface area contributed by atoms with Gasteiger partial charge in [-0.2, -0.15) is 5.26 Å². The molecule has 9 heteroatoms. The van der Waals surface area contributed by atoms with Crippen molar-refractivity contribution in [2.45, 2.75) is 13.2 Å². The number of carbonyl (C=O) groups excluding carboxylic acids is 1. The number of carboxylic acid groups (broad SMARTS) is 1. The van der Waals surface area contributed by atoms with Crippen molar-refractivity contribution in [2.75, 3.05) is 14.2 Å². The minimum absolute atomic E-state index is 0.0476. The standard InChI is InChI=1S/C27H23IN2O6/c1-34-22-9-5-17(6-10-22)15-30-26(31)21(14-29)11-19-12-23(28)25(24(13-19)35-2)36-16-18-3-7-20(8-4-18)27(32)33/h3-13H,15-16H2,1-2H3,(H,30,31)(H,32,33)/b21-11-. The van der Waals surface area contributed by atoms with E-state index in [-0.39, 0.29) is 24.3 Å². The second-order valence-electron chi connectivity index (χ2n) is 7.53. The van der Waals surface area contributed by atoms with Crippen molar-refractivity contribution < 1.29 is 28.9 Å². The fraction of sp³-hybridized carbons (Fsp3) is 0.148. The Bertz CT molecular complexity index is 1310. The number of halogens is 1. The molecular weight excluding hydrogens is 575 g/mol. The van der Waals surface area contributed by atoms with Crippen molar-refractivity contribution in [2.24, 2.45) is 0 Å². The Morgan fingerprint density at radius 1 is 1.03 bits per heavy atom. The van der Waals surface area contributed by atoms with Crippen LogP contribution >= 0.6 is 22.6 Å². The maximum atomic E-state index is 12.6. The summed E-state index contributed by atoms with van der Waals surface area (Å²) in [6.45, 7) is 0.474. The zero-order chi connectivity index (χ0) is 26.1. The zero-order valence-corrected chi connectivity index (χ0v) is 21.7. The molecule has 0 aliphatic rings. The normalized spacial score (nSPS) is 10.8. The summed E-state index contributed by atoms with van der Waals surface area (Å²) in [5.41, 5.74) is 2.42. The van der Waals surface area contributed by atoms with Crippen LogP contribution in [0.3, 0.4) is 0 Å². The average molecular weight is 598 g/mol. The molecule has 3 aromatic rings. The van der Waals surface area contributed by atoms with E-state index in [0.29, 0.717) is 17.1 Å². The van der Waals surface area contributed by atoms with Crippen LogP contribution in [0, 0.1) is 14.9 Å². The molecule has 0 aliphatic heterocycles. The van der Waals surface area contributed by atoms with Crippen molar-refractivity contribution in [3.8, 4) is 23.3 Å². The van der Waals surface area contributed by atoms with Crippen LogP contribution in [0.15, 0.2) is 66.2 Å². The second kappa shape index (κ2) is 12.6. The van der Waals surface area contributed by atoms with Crippen LogP contribution in [0.25, 0.3) is 6.08 Å². The summed E-state index contributed by atoms with van der Waals surface area (Å²) in [7, 11) is 3.08. The van der Waals surface area contributed by atoms with Crippen molar-refractivity contribution in [3.05, 3.63) is 92.1 Å². The topological polar surface area (TPSA) is 118 Å². The predicted molar refractivity (Wildman–Crippen MR) is 142 cm³/mol. The summed E-state index contributed by atoms with van der Waals surface area (Å²) in [6, 6.07) is 19.1. The summed E-state index contributed by atoms with van der Waals surface area (Å²) in [6.07, 6.45) is 1.49. The number of nitrogens with one attached hydrogen (secondary N) is 1. The Morgan fingerprint density at radius 2 is 1.69 bits per heavy atom. The number of nitrogens with zero attached hydrogens (tertiary/aromatic N) is 1. The van der Waals surface area contributed by atoms with Gasteiger partial charge >= 0.3 is 5.97 Å². The van der Waals surface area contributed by atoms with Gasteiger partial charge in [0, 0.05) is 6.54 Å². The van der Waals surface area contributed by atoms with E-state index in [1.54, 1.807) is 43.5 Å². The largest absolute Gasteiger partial charge is 0.497 e. The number of hydrogen-bond donors (Lipinski definition) is 2. The first-order chi connectivity index (χ1) is 17.3. The molecule has 184 valence electrons. The van der Waals surface area contributed by atoms with Crippen LogP contribution < -0.4 is 19.5 Å². The van der Waals surface area contributed by atoms with E-state index in [0.717, 1.165) is 20.4 Å². The van der Waals surface area contributed by atoms with E-state index in [1.165, 1.54) is 25.3 Å². The van der Waals surface area contributed by atoms with Gasteiger partial charge in [-0.3, -0.25) is 4.79 Å². The Morgan fingerprint density at radius 3 is 2.28 bits per heavy atom. The summed E-state index contributed by atoms with van der Waals surface area (Å²) >= 11 is 2.09. The van der Waals surface area contributed by atoms with Crippen LogP contribution in [0.2, 0.25) is 0 Å². The number of carbonyl (C=O) groups is 2. The molecule has 0 heterocycles. The van der Waals surface area contributed by atoms with Crippen LogP contribution in [0.4, 0.5) is 0 Å². The number of rotatable bonds is 10. The van der Waals surface area contributed by atoms with Gasteiger partial charge in [-0.05, 0) is 81.8 Å². The van der Waals surface area contributed by atoms with Gasteiger partial charge in [0.25, 0.3) is 5.91 Å². The number of methoxy groups -OCH3 is 2. The third-order valence-corrected chi connectivity index (χ3v) is 5.93. The third kappa shape index (κ3) is 6.99. The lowest BCUT2D eigenvalue weighted by molar-refractivity contribution is -0.117. The number of nitriles is 1. The average Bonchev–Trinajstić information content (AvgIpc) is 2.89. The van der Waals surface area contributed by atoms with Crippen molar-refractivity contribution in [1.29, 1.82) is 5.26 Å². The number of hydrogen-bond acceptors (Lipinski definition) is 6. The summed E-state index contributed by atoms with van der Waals surface area (Å²) in [5, 5.41) is 21.3. The highest BCUT2D eigenvalue weighted by molar-refractivity contribution is 14.1. The molecule has 3 aromatic carbocycles. The molecule has 3 rings (SSSR count). The Balaban J connectivity index is 1.72. The molecule has 0 spiro atoms. The van der Waals surface area contributed by atoms with E-state index >= 15 is 0 Å². The van der Waals surface area contributed by atoms with Crippen molar-refractivity contribution >= 4 is 40.5 Å². The monoisotopic (exact) mass is 598 g/mol. The van der Waals surface area contributed by atoms with Gasteiger partial charge in [-0.15, -0.1) is 0 Å². The number of carboxylic acids is 1. The minimum atomic E-state index is -0.992. The molecule has 36 heavy (non-hydrogen) atoms. The molecule has 0 fully saturated rings. The fourth-order valence-corrected chi connectivity index (χ4v) is 3.98. The molecule has 0 bridgehead atoms. The van der Waals surface area contributed by atoms with Gasteiger partial charge in [0.2, 0.25) is 0 Å². The van der Waals surface area contributed by atoms with Gasteiger partial charge in [-0.1, -0.05) is 24.3 Å². The van der Waals surface area contributed by atoms with E-state index in [9.17, 15) is 14.9 Å². The lowest BCUT2D eigenvalue weighted by Gasteiger charge is -2.14. The fourth-order valence-electron chi connectivity index (χ4n) is 3.20. The minimum Gasteiger partial charge on any atom is -0.497 e. The van der Waals surface area contributed by atoms with E-state index in [4.69, 9.17) is 19.3 Å². The van der Waals surface area contributed by atoms with Gasteiger partial charge in [0.15, 0.2) is 11.5 Å². The lowest BCUT2D eigenvalue weighted by atomic mass is 10.1. The van der Waals surface area contributed by atoms with Gasteiger partial charge < -0.3 is 24.6 Å². The van der Waals surface area contributed by atoms with Gasteiger partial charge in [-0.25, -0.2) is 4.79 Å². The van der Waals surface area contributed by atoms with Crippen LogP contribution in [-0.2, 0) is 17.9 Å². The lowest BCUT2D eigenvalue weighted by Crippen LogP contribution is -2.23. The summed E-state index contributed by atoms with van der Waals surface area (Å²) in [5.74, 6) is 0.168. The highest BCUT2D eigenvalue weighted by Crippen LogP contribution is 2.35. The molecule has 1 amide bonds. The molecule has 2 N–H and O–H groups in total. The molecule has 0 saturated carbocycles. The first-order valence-electron chi connectivity index (χ1n) is 10.7. The van der Waals surface area contributed by atoms with Crippen molar-refractivity contribution in [3.63, 3.8) is 0 Å². The molecule has 0 unspecified atom stereocenters. The molecule has 0 radical (unpaired) electrons. The van der Waals surface area contributed by atoms with Crippen LogP contribution in [-0.4, -0.2) is 31.2 Å². The van der Waals surface area contributed by atoms with E-state index in [1.807, 2.05) is 18.2 Å². The molecule has 8 nitrogen and oxygen atoms in total. The quantitative estimate of drug-likeness (QED) is 0.196. The predicted octanol–water partition coefficient (Wildman–Crippen LogP) is 4.81. The number of aromatic carboxylic acids is 1. The maximum absolute atomic E-state index is 12.6. The Kier molecular flexibility index (Phi) is 9.30. The Labute approximate surface area is 222 Å². The van der Waals surface area contributed by atoms with Crippen molar-refractivity contribution in [1.82, 2.24) is 5.32 Å². The third-order valence-electron chi connectivity index (χ3n) is 5.12. The summed E-state index contributed by atoms with van der Waals surface area (Å²) in [4.78, 5) is 23.6. The van der Waals surface area contributed by atoms with Gasteiger partial charge in [0.1, 0.15) is 24.0 Å². The summed E-state index contributed by atoms with van der Waals surface area (Å²) < 4.78 is 17.2. The molecule has 0 aliphatic carbocycles. The first-order valence-corrected chi connectivity index (χ1v) is 11.8. The Hall–Kier alpha value is -4.04. The van der Waals surface area contributed by atoms with E-state index < -0.39 is 11.9 Å². The second-order valence-corrected chi connectivity index (χ2v) is 8.69. The van der Waals surface area contributed by atoms with E-state index in [2.05, 4.69) is 27.9 Å². The van der Waals surface area contributed by atoms with Crippen LogP contribution in [0.5, 0.6) is 17.2 Å². The molecular formula is C27H23IN2O6. The number of amides is 1. The van der Waals surface area contributed by atoms with Crippen LogP contribution in [0.1, 0.15) is 27.0 Å². The molecule has 0 saturated heterocycles.